The van der Waals surface area contributed by atoms with Gasteiger partial charge < -0.3 is 5.32 Å². The highest BCUT2D eigenvalue weighted by atomic mass is 79.9. The van der Waals surface area contributed by atoms with Gasteiger partial charge in [0.25, 0.3) is 5.91 Å². The Bertz CT molecular complexity index is 880. The van der Waals surface area contributed by atoms with Gasteiger partial charge in [0.2, 0.25) is 0 Å². The van der Waals surface area contributed by atoms with Crippen molar-refractivity contribution in [3.63, 3.8) is 0 Å². The molecule has 0 aliphatic rings. The lowest BCUT2D eigenvalue weighted by molar-refractivity contribution is 0.102. The highest BCUT2D eigenvalue weighted by Gasteiger charge is 2.13. The molecule has 0 radical (unpaired) electrons. The van der Waals surface area contributed by atoms with Crippen LogP contribution in [0, 0.1) is 11.6 Å². The van der Waals surface area contributed by atoms with Crippen molar-refractivity contribution < 1.29 is 13.6 Å². The Balaban J connectivity index is 2.01. The molecule has 110 valence electrons. The van der Waals surface area contributed by atoms with Gasteiger partial charge in [0.05, 0.1) is 5.69 Å². The van der Waals surface area contributed by atoms with Gasteiger partial charge in [0, 0.05) is 16.1 Å². The third kappa shape index (κ3) is 2.72. The fourth-order valence-corrected chi connectivity index (χ4v) is 2.75. The molecule has 2 nitrogen and oxygen atoms in total. The van der Waals surface area contributed by atoms with Crippen LogP contribution in [-0.4, -0.2) is 5.91 Å². The van der Waals surface area contributed by atoms with E-state index in [-0.39, 0.29) is 5.69 Å². The van der Waals surface area contributed by atoms with Gasteiger partial charge in [-0.2, -0.15) is 0 Å². The van der Waals surface area contributed by atoms with Crippen LogP contribution >= 0.6 is 15.9 Å². The van der Waals surface area contributed by atoms with Crippen molar-refractivity contribution in [2.24, 2.45) is 0 Å². The minimum Gasteiger partial charge on any atom is -0.319 e. The molecule has 0 spiro atoms. The molecule has 5 heteroatoms. The highest BCUT2D eigenvalue weighted by molar-refractivity contribution is 9.10. The first kappa shape index (κ1) is 14.7. The monoisotopic (exact) mass is 361 g/mol. The van der Waals surface area contributed by atoms with Gasteiger partial charge in [0.1, 0.15) is 11.6 Å². The molecular formula is C17H10BrF2NO. The van der Waals surface area contributed by atoms with Gasteiger partial charge in [-0.3, -0.25) is 4.79 Å². The summed E-state index contributed by atoms with van der Waals surface area (Å²) in [5.41, 5.74) is 0.362. The quantitative estimate of drug-likeness (QED) is 0.673. The fourth-order valence-electron chi connectivity index (χ4n) is 2.25. The molecule has 3 aromatic rings. The van der Waals surface area contributed by atoms with E-state index in [1.165, 1.54) is 6.07 Å². The smallest absolute Gasteiger partial charge is 0.256 e. The van der Waals surface area contributed by atoms with E-state index in [2.05, 4.69) is 21.2 Å². The van der Waals surface area contributed by atoms with Crippen molar-refractivity contribution >= 4 is 38.3 Å². The summed E-state index contributed by atoms with van der Waals surface area (Å²) in [6, 6.07) is 13.8. The van der Waals surface area contributed by atoms with E-state index in [4.69, 9.17) is 0 Å². The molecule has 0 unspecified atom stereocenters. The van der Waals surface area contributed by atoms with Crippen LogP contribution in [0.5, 0.6) is 0 Å². The SMILES string of the molecule is O=C(Nc1ccc(F)cc1F)c1cccc2c(Br)cccc12. The third-order valence-electron chi connectivity index (χ3n) is 3.29. The predicted octanol–water partition coefficient (Wildman–Crippen LogP) is 5.13. The average molecular weight is 362 g/mol. The molecule has 0 aliphatic carbocycles. The fraction of sp³-hybridized carbons (Fsp3) is 0. The molecule has 3 rings (SSSR count). The molecule has 1 N–H and O–H groups in total. The van der Waals surface area contributed by atoms with E-state index in [1.807, 2.05) is 24.3 Å². The minimum absolute atomic E-state index is 0.0570. The number of anilines is 1. The average Bonchev–Trinajstić information content (AvgIpc) is 2.50. The summed E-state index contributed by atoms with van der Waals surface area (Å²) in [5.74, 6) is -1.95. The lowest BCUT2D eigenvalue weighted by Gasteiger charge is -2.09. The summed E-state index contributed by atoms with van der Waals surface area (Å²) >= 11 is 3.43. The predicted molar refractivity (Wildman–Crippen MR) is 86.0 cm³/mol. The maximum Gasteiger partial charge on any atom is 0.256 e. The number of carbonyl (C=O) groups excluding carboxylic acids is 1. The molecule has 0 bridgehead atoms. The highest BCUT2D eigenvalue weighted by Crippen LogP contribution is 2.27. The molecule has 0 atom stereocenters. The Morgan fingerprint density at radius 3 is 2.45 bits per heavy atom. The molecule has 3 aromatic carbocycles. The summed E-state index contributed by atoms with van der Waals surface area (Å²) in [6.07, 6.45) is 0. The lowest BCUT2D eigenvalue weighted by atomic mass is 10.0. The van der Waals surface area contributed by atoms with Crippen LogP contribution in [0.4, 0.5) is 14.5 Å². The van der Waals surface area contributed by atoms with Crippen molar-refractivity contribution in [3.8, 4) is 0 Å². The van der Waals surface area contributed by atoms with Gasteiger partial charge in [-0.05, 0) is 35.0 Å². The molecule has 0 aliphatic heterocycles. The van der Waals surface area contributed by atoms with Crippen molar-refractivity contribution in [3.05, 3.63) is 76.3 Å². The summed E-state index contributed by atoms with van der Waals surface area (Å²) in [7, 11) is 0. The van der Waals surface area contributed by atoms with Crippen LogP contribution in [0.2, 0.25) is 0 Å². The maximum absolute atomic E-state index is 13.6. The molecule has 0 fully saturated rings. The molecule has 0 heterocycles. The van der Waals surface area contributed by atoms with Crippen molar-refractivity contribution in [1.29, 1.82) is 0 Å². The number of amides is 1. The van der Waals surface area contributed by atoms with Crippen LogP contribution in [0.3, 0.4) is 0 Å². The number of benzene rings is 3. The van der Waals surface area contributed by atoms with Gasteiger partial charge in [-0.1, -0.05) is 40.2 Å². The zero-order valence-electron chi connectivity index (χ0n) is 11.2. The van der Waals surface area contributed by atoms with E-state index in [0.29, 0.717) is 5.56 Å². The first-order valence-corrected chi connectivity index (χ1v) is 7.29. The van der Waals surface area contributed by atoms with E-state index < -0.39 is 17.5 Å². The second kappa shape index (κ2) is 5.85. The molecule has 0 saturated heterocycles. The standard InChI is InChI=1S/C17H10BrF2NO/c18-14-6-2-3-11-12(14)4-1-5-13(11)17(22)21-16-8-7-10(19)9-15(16)20/h1-9H,(H,21,22). The van der Waals surface area contributed by atoms with Crippen molar-refractivity contribution in [2.75, 3.05) is 5.32 Å². The molecule has 22 heavy (non-hydrogen) atoms. The van der Waals surface area contributed by atoms with Gasteiger partial charge in [-0.15, -0.1) is 0 Å². The Hall–Kier alpha value is -2.27. The van der Waals surface area contributed by atoms with Gasteiger partial charge >= 0.3 is 0 Å². The lowest BCUT2D eigenvalue weighted by Crippen LogP contribution is -2.13. The number of carbonyl (C=O) groups is 1. The zero-order valence-corrected chi connectivity index (χ0v) is 12.8. The van der Waals surface area contributed by atoms with E-state index in [9.17, 15) is 13.6 Å². The van der Waals surface area contributed by atoms with Crippen LogP contribution < -0.4 is 5.32 Å². The first-order chi connectivity index (χ1) is 10.6. The summed E-state index contributed by atoms with van der Waals surface area (Å²) in [6.45, 7) is 0. The van der Waals surface area contributed by atoms with E-state index >= 15 is 0 Å². The Morgan fingerprint density at radius 2 is 1.68 bits per heavy atom. The number of fused-ring (bicyclic) bond motifs is 1. The Kier molecular flexibility index (Phi) is 3.90. The number of hydrogen-bond donors (Lipinski definition) is 1. The number of halogens is 3. The second-order valence-corrected chi connectivity index (χ2v) is 5.57. The zero-order chi connectivity index (χ0) is 15.7. The summed E-state index contributed by atoms with van der Waals surface area (Å²) in [5, 5.41) is 4.10. The summed E-state index contributed by atoms with van der Waals surface area (Å²) < 4.78 is 27.4. The second-order valence-electron chi connectivity index (χ2n) is 4.72. The Morgan fingerprint density at radius 1 is 0.955 bits per heavy atom. The number of rotatable bonds is 2. The van der Waals surface area contributed by atoms with E-state index in [1.54, 1.807) is 12.1 Å². The number of nitrogens with one attached hydrogen (secondary N) is 1. The third-order valence-corrected chi connectivity index (χ3v) is 3.98. The first-order valence-electron chi connectivity index (χ1n) is 6.50. The topological polar surface area (TPSA) is 29.1 Å². The summed E-state index contributed by atoms with van der Waals surface area (Å²) in [4.78, 5) is 12.4. The van der Waals surface area contributed by atoms with Crippen LogP contribution in [-0.2, 0) is 0 Å². The van der Waals surface area contributed by atoms with Crippen LogP contribution in [0.25, 0.3) is 10.8 Å². The maximum atomic E-state index is 13.6. The molecule has 0 saturated carbocycles. The molecule has 1 amide bonds. The van der Waals surface area contributed by atoms with Gasteiger partial charge in [-0.25, -0.2) is 8.78 Å². The number of hydrogen-bond acceptors (Lipinski definition) is 1. The van der Waals surface area contributed by atoms with Crippen LogP contribution in [0.1, 0.15) is 10.4 Å². The van der Waals surface area contributed by atoms with Gasteiger partial charge in [0.15, 0.2) is 0 Å². The Labute approximate surface area is 133 Å². The molecular weight excluding hydrogens is 352 g/mol. The largest absolute Gasteiger partial charge is 0.319 e. The normalized spacial score (nSPS) is 10.7. The van der Waals surface area contributed by atoms with Crippen LogP contribution in [0.15, 0.2) is 59.1 Å². The minimum atomic E-state index is -0.810. The van der Waals surface area contributed by atoms with Crippen molar-refractivity contribution in [1.82, 2.24) is 0 Å². The van der Waals surface area contributed by atoms with E-state index in [0.717, 1.165) is 27.4 Å². The molecule has 0 aromatic heterocycles. The van der Waals surface area contributed by atoms with Crippen molar-refractivity contribution in [2.45, 2.75) is 0 Å².